The maximum Gasteiger partial charge on any atom is 0.0309 e. The van der Waals surface area contributed by atoms with Crippen molar-refractivity contribution in [3.8, 4) is 0 Å². The minimum absolute atomic E-state index is 0.412. The highest BCUT2D eigenvalue weighted by molar-refractivity contribution is 5.06. The van der Waals surface area contributed by atoms with Crippen molar-refractivity contribution in [2.24, 2.45) is 11.3 Å². The Bertz CT molecular complexity index is 306. The number of nitrogens with zero attached hydrogens (tertiary/aromatic N) is 1. The van der Waals surface area contributed by atoms with Gasteiger partial charge in [-0.3, -0.25) is 4.90 Å². The van der Waals surface area contributed by atoms with Crippen molar-refractivity contribution in [2.45, 2.75) is 70.9 Å². The van der Waals surface area contributed by atoms with Gasteiger partial charge in [-0.2, -0.15) is 0 Å². The van der Waals surface area contributed by atoms with Crippen LogP contribution >= 0.6 is 0 Å². The first-order valence-corrected chi connectivity index (χ1v) is 8.10. The van der Waals surface area contributed by atoms with E-state index in [-0.39, 0.29) is 0 Å². The molecule has 18 heavy (non-hydrogen) atoms. The van der Waals surface area contributed by atoms with Crippen LogP contribution in [0.2, 0.25) is 0 Å². The quantitative estimate of drug-likeness (QED) is 0.807. The zero-order valence-electron chi connectivity index (χ0n) is 12.5. The SMILES string of the molecule is CCC1CNC(C)(C2CC2)CN1CC1(CC)CC1. The number of piperazine rings is 1. The molecule has 1 saturated heterocycles. The second-order valence-electron chi connectivity index (χ2n) is 7.39. The van der Waals surface area contributed by atoms with E-state index in [2.05, 4.69) is 31.0 Å². The van der Waals surface area contributed by atoms with E-state index in [1.807, 2.05) is 0 Å². The van der Waals surface area contributed by atoms with Crippen LogP contribution in [-0.4, -0.2) is 36.1 Å². The zero-order chi connectivity index (χ0) is 12.8. The maximum absolute atomic E-state index is 3.87. The fourth-order valence-electron chi connectivity index (χ4n) is 3.90. The van der Waals surface area contributed by atoms with Crippen molar-refractivity contribution in [3.63, 3.8) is 0 Å². The second-order valence-corrected chi connectivity index (χ2v) is 7.39. The van der Waals surface area contributed by atoms with Crippen molar-refractivity contribution in [1.82, 2.24) is 10.2 Å². The first-order chi connectivity index (χ1) is 8.61. The molecule has 2 heteroatoms. The fraction of sp³-hybridized carbons (Fsp3) is 1.00. The van der Waals surface area contributed by atoms with E-state index >= 15 is 0 Å². The molecule has 3 fully saturated rings. The van der Waals surface area contributed by atoms with E-state index < -0.39 is 0 Å². The van der Waals surface area contributed by atoms with Gasteiger partial charge in [0, 0.05) is 31.2 Å². The minimum atomic E-state index is 0.412. The smallest absolute Gasteiger partial charge is 0.0309 e. The summed E-state index contributed by atoms with van der Waals surface area (Å²) in [6.07, 6.45) is 8.54. The first kappa shape index (κ1) is 12.9. The third-order valence-corrected chi connectivity index (χ3v) is 5.98. The van der Waals surface area contributed by atoms with E-state index in [1.54, 1.807) is 0 Å². The minimum Gasteiger partial charge on any atom is -0.308 e. The molecule has 0 spiro atoms. The molecule has 1 N–H and O–H groups in total. The Labute approximate surface area is 113 Å². The molecule has 3 aliphatic rings. The normalized spacial score (nSPS) is 39.8. The summed E-state index contributed by atoms with van der Waals surface area (Å²) in [4.78, 5) is 2.84. The molecule has 1 heterocycles. The lowest BCUT2D eigenvalue weighted by Crippen LogP contribution is -2.64. The molecule has 2 nitrogen and oxygen atoms in total. The molecule has 1 aliphatic heterocycles. The van der Waals surface area contributed by atoms with E-state index in [0.717, 1.165) is 12.0 Å². The summed E-state index contributed by atoms with van der Waals surface area (Å²) in [5, 5.41) is 3.87. The predicted octanol–water partition coefficient (Wildman–Crippen LogP) is 3.03. The largest absolute Gasteiger partial charge is 0.308 e. The van der Waals surface area contributed by atoms with Gasteiger partial charge in [0.05, 0.1) is 0 Å². The van der Waals surface area contributed by atoms with Crippen LogP contribution in [0.15, 0.2) is 0 Å². The highest BCUT2D eigenvalue weighted by Gasteiger charge is 2.49. The van der Waals surface area contributed by atoms with E-state index in [4.69, 9.17) is 0 Å². The lowest BCUT2D eigenvalue weighted by atomic mass is 9.89. The zero-order valence-corrected chi connectivity index (χ0v) is 12.5. The van der Waals surface area contributed by atoms with Crippen LogP contribution in [-0.2, 0) is 0 Å². The van der Waals surface area contributed by atoms with E-state index in [1.165, 1.54) is 58.2 Å². The number of nitrogens with one attached hydrogen (secondary N) is 1. The Morgan fingerprint density at radius 3 is 2.44 bits per heavy atom. The summed E-state index contributed by atoms with van der Waals surface area (Å²) in [6.45, 7) is 11.1. The summed E-state index contributed by atoms with van der Waals surface area (Å²) < 4.78 is 0. The molecule has 2 atom stereocenters. The molecule has 2 saturated carbocycles. The topological polar surface area (TPSA) is 15.3 Å². The molecule has 2 aliphatic carbocycles. The van der Waals surface area contributed by atoms with Gasteiger partial charge in [-0.15, -0.1) is 0 Å². The predicted molar refractivity (Wildman–Crippen MR) is 76.7 cm³/mol. The molecule has 0 aromatic rings. The Balaban J connectivity index is 1.67. The summed E-state index contributed by atoms with van der Waals surface area (Å²) in [7, 11) is 0. The van der Waals surface area contributed by atoms with Gasteiger partial charge in [0.1, 0.15) is 0 Å². The van der Waals surface area contributed by atoms with Gasteiger partial charge in [-0.1, -0.05) is 13.8 Å². The number of hydrogen-bond donors (Lipinski definition) is 1. The van der Waals surface area contributed by atoms with Gasteiger partial charge >= 0.3 is 0 Å². The fourth-order valence-corrected chi connectivity index (χ4v) is 3.90. The van der Waals surface area contributed by atoms with Crippen molar-refractivity contribution in [1.29, 1.82) is 0 Å². The maximum atomic E-state index is 3.87. The number of hydrogen-bond acceptors (Lipinski definition) is 2. The van der Waals surface area contributed by atoms with Crippen molar-refractivity contribution in [3.05, 3.63) is 0 Å². The van der Waals surface area contributed by atoms with Crippen LogP contribution in [0, 0.1) is 11.3 Å². The molecule has 0 bridgehead atoms. The van der Waals surface area contributed by atoms with E-state index in [0.29, 0.717) is 11.0 Å². The average Bonchev–Trinajstić information content (AvgIpc) is 3.24. The summed E-state index contributed by atoms with van der Waals surface area (Å²) in [5.74, 6) is 0.953. The van der Waals surface area contributed by atoms with Crippen LogP contribution < -0.4 is 5.32 Å². The molecule has 0 amide bonds. The van der Waals surface area contributed by atoms with Crippen LogP contribution in [0.25, 0.3) is 0 Å². The monoisotopic (exact) mass is 250 g/mol. The summed E-state index contributed by atoms with van der Waals surface area (Å²) in [6, 6.07) is 0.779. The number of rotatable bonds is 5. The van der Waals surface area contributed by atoms with Crippen molar-refractivity contribution in [2.75, 3.05) is 19.6 Å². The molecule has 0 aromatic carbocycles. The Morgan fingerprint density at radius 2 is 1.94 bits per heavy atom. The van der Waals surface area contributed by atoms with Crippen molar-refractivity contribution < 1.29 is 0 Å². The summed E-state index contributed by atoms with van der Waals surface area (Å²) in [5.41, 5.74) is 1.12. The molecule has 0 radical (unpaired) electrons. The van der Waals surface area contributed by atoms with Crippen LogP contribution in [0.4, 0.5) is 0 Å². The Morgan fingerprint density at radius 1 is 1.22 bits per heavy atom. The molecule has 2 unspecified atom stereocenters. The van der Waals surface area contributed by atoms with Crippen LogP contribution in [0.1, 0.15) is 59.3 Å². The molecule has 104 valence electrons. The van der Waals surface area contributed by atoms with Crippen molar-refractivity contribution >= 4 is 0 Å². The van der Waals surface area contributed by atoms with E-state index in [9.17, 15) is 0 Å². The highest BCUT2D eigenvalue weighted by Crippen LogP contribution is 2.50. The standard InChI is InChI=1S/C16H30N2/c1-4-14-10-17-15(3,13-6-7-13)11-18(14)12-16(5-2)8-9-16/h13-14,17H,4-12H2,1-3H3. The molecular formula is C16H30N2. The average molecular weight is 250 g/mol. The van der Waals surface area contributed by atoms with Gasteiger partial charge in [0.2, 0.25) is 0 Å². The van der Waals surface area contributed by atoms with Gasteiger partial charge in [0.15, 0.2) is 0 Å². The second kappa shape index (κ2) is 4.49. The molecule has 3 rings (SSSR count). The highest BCUT2D eigenvalue weighted by atomic mass is 15.3. The lowest BCUT2D eigenvalue weighted by Gasteiger charge is -2.47. The lowest BCUT2D eigenvalue weighted by molar-refractivity contribution is 0.0544. The molecule has 0 aromatic heterocycles. The third-order valence-electron chi connectivity index (χ3n) is 5.98. The molecular weight excluding hydrogens is 220 g/mol. The van der Waals surface area contributed by atoms with Gasteiger partial charge in [0.25, 0.3) is 0 Å². The Hall–Kier alpha value is -0.0800. The third kappa shape index (κ3) is 2.34. The van der Waals surface area contributed by atoms with Gasteiger partial charge in [-0.05, 0) is 56.8 Å². The van der Waals surface area contributed by atoms with Crippen LogP contribution in [0.5, 0.6) is 0 Å². The van der Waals surface area contributed by atoms with Gasteiger partial charge in [-0.25, -0.2) is 0 Å². The van der Waals surface area contributed by atoms with Crippen LogP contribution in [0.3, 0.4) is 0 Å². The Kier molecular flexibility index (Phi) is 3.22. The first-order valence-electron chi connectivity index (χ1n) is 8.10. The summed E-state index contributed by atoms with van der Waals surface area (Å²) >= 11 is 0. The van der Waals surface area contributed by atoms with Gasteiger partial charge < -0.3 is 5.32 Å².